The summed E-state index contributed by atoms with van der Waals surface area (Å²) in [4.78, 5) is 35.5. The topological polar surface area (TPSA) is 98.7 Å². The van der Waals surface area contributed by atoms with Crippen molar-refractivity contribution in [3.63, 3.8) is 0 Å². The minimum Gasteiger partial charge on any atom is -0.481 e. The zero-order valence-electron chi connectivity index (χ0n) is 10.0. The Morgan fingerprint density at radius 1 is 1.44 bits per heavy atom. The van der Waals surface area contributed by atoms with E-state index in [9.17, 15) is 14.4 Å². The number of carboxylic acids is 1. The quantitative estimate of drug-likeness (QED) is 0.623. The van der Waals surface area contributed by atoms with Gasteiger partial charge >= 0.3 is 12.0 Å². The molecule has 1 aliphatic carbocycles. The average molecular weight is 255 g/mol. The van der Waals surface area contributed by atoms with Gasteiger partial charge in [-0.3, -0.25) is 9.59 Å². The molecule has 7 heteroatoms. The van der Waals surface area contributed by atoms with Crippen molar-refractivity contribution in [2.24, 2.45) is 5.92 Å². The molecule has 1 unspecified atom stereocenters. The number of nitrogens with zero attached hydrogens (tertiary/aromatic N) is 1. The van der Waals surface area contributed by atoms with Crippen LogP contribution in [-0.2, 0) is 9.59 Å². The molecule has 1 aliphatic heterocycles. The van der Waals surface area contributed by atoms with Gasteiger partial charge in [0.2, 0.25) is 5.91 Å². The summed E-state index contributed by atoms with van der Waals surface area (Å²) >= 11 is 0. The molecule has 0 aromatic carbocycles. The third-order valence-corrected chi connectivity index (χ3v) is 3.20. The SMILES string of the molecule is O=C(O)CC1C(=O)NCCN1C(=O)NCC1CC1. The van der Waals surface area contributed by atoms with Gasteiger partial charge in [-0.2, -0.15) is 0 Å². The summed E-state index contributed by atoms with van der Waals surface area (Å²) in [6, 6.07) is -1.25. The smallest absolute Gasteiger partial charge is 0.318 e. The number of aliphatic carboxylic acids is 1. The summed E-state index contributed by atoms with van der Waals surface area (Å²) in [5.74, 6) is -0.937. The lowest BCUT2D eigenvalue weighted by molar-refractivity contribution is -0.142. The molecule has 2 rings (SSSR count). The van der Waals surface area contributed by atoms with Crippen molar-refractivity contribution in [2.45, 2.75) is 25.3 Å². The van der Waals surface area contributed by atoms with Crippen molar-refractivity contribution in [1.29, 1.82) is 0 Å². The molecule has 0 aromatic rings. The molecular formula is C11H17N3O4. The maximum absolute atomic E-state index is 11.9. The minimum absolute atomic E-state index is 0.344. The summed E-state index contributed by atoms with van der Waals surface area (Å²) in [6.45, 7) is 1.32. The number of rotatable bonds is 4. The first-order valence-electron chi connectivity index (χ1n) is 6.12. The average Bonchev–Trinajstić information content (AvgIpc) is 3.12. The zero-order valence-corrected chi connectivity index (χ0v) is 10.0. The van der Waals surface area contributed by atoms with Crippen molar-refractivity contribution in [3.8, 4) is 0 Å². The Morgan fingerprint density at radius 2 is 2.17 bits per heavy atom. The van der Waals surface area contributed by atoms with Crippen LogP contribution in [0.3, 0.4) is 0 Å². The van der Waals surface area contributed by atoms with E-state index in [0.717, 1.165) is 12.8 Å². The third kappa shape index (κ3) is 3.12. The number of hydrogen-bond acceptors (Lipinski definition) is 3. The van der Waals surface area contributed by atoms with Crippen LogP contribution in [0, 0.1) is 5.92 Å². The van der Waals surface area contributed by atoms with Gasteiger partial charge in [0, 0.05) is 19.6 Å². The van der Waals surface area contributed by atoms with Crippen molar-refractivity contribution in [1.82, 2.24) is 15.5 Å². The van der Waals surface area contributed by atoms with E-state index in [0.29, 0.717) is 25.6 Å². The molecule has 100 valence electrons. The predicted octanol–water partition coefficient (Wildman–Crippen LogP) is -0.619. The number of carbonyl (C=O) groups excluding carboxylic acids is 2. The molecule has 1 saturated carbocycles. The van der Waals surface area contributed by atoms with Gasteiger partial charge in [0.1, 0.15) is 6.04 Å². The van der Waals surface area contributed by atoms with Crippen LogP contribution in [0.2, 0.25) is 0 Å². The van der Waals surface area contributed by atoms with Crippen LogP contribution in [0.4, 0.5) is 4.79 Å². The van der Waals surface area contributed by atoms with Gasteiger partial charge < -0.3 is 20.6 Å². The lowest BCUT2D eigenvalue weighted by Crippen LogP contribution is -2.60. The first-order chi connectivity index (χ1) is 8.58. The van der Waals surface area contributed by atoms with Crippen LogP contribution in [0.5, 0.6) is 0 Å². The van der Waals surface area contributed by atoms with E-state index in [1.54, 1.807) is 0 Å². The number of piperazine rings is 1. The molecule has 18 heavy (non-hydrogen) atoms. The maximum atomic E-state index is 11.9. The van der Waals surface area contributed by atoms with Gasteiger partial charge in [-0.15, -0.1) is 0 Å². The van der Waals surface area contributed by atoms with E-state index >= 15 is 0 Å². The fourth-order valence-corrected chi connectivity index (χ4v) is 1.98. The molecule has 3 N–H and O–H groups in total. The fraction of sp³-hybridized carbons (Fsp3) is 0.727. The molecule has 2 fully saturated rings. The summed E-state index contributed by atoms with van der Waals surface area (Å²) < 4.78 is 0. The Kier molecular flexibility index (Phi) is 3.69. The highest BCUT2D eigenvalue weighted by Gasteiger charge is 2.35. The van der Waals surface area contributed by atoms with Gasteiger partial charge in [0.25, 0.3) is 0 Å². The maximum Gasteiger partial charge on any atom is 0.318 e. The lowest BCUT2D eigenvalue weighted by atomic mass is 10.1. The van der Waals surface area contributed by atoms with Crippen LogP contribution in [0.15, 0.2) is 0 Å². The molecule has 3 amide bonds. The van der Waals surface area contributed by atoms with Gasteiger partial charge in [-0.25, -0.2) is 4.79 Å². The lowest BCUT2D eigenvalue weighted by Gasteiger charge is -2.34. The van der Waals surface area contributed by atoms with E-state index in [1.807, 2.05) is 0 Å². The summed E-state index contributed by atoms with van der Waals surface area (Å²) in [5.41, 5.74) is 0. The highest BCUT2D eigenvalue weighted by Crippen LogP contribution is 2.27. The number of urea groups is 1. The van der Waals surface area contributed by atoms with Crippen LogP contribution in [0.1, 0.15) is 19.3 Å². The molecule has 2 aliphatic rings. The molecule has 0 bridgehead atoms. The second-order valence-corrected chi connectivity index (χ2v) is 4.73. The monoisotopic (exact) mass is 255 g/mol. The van der Waals surface area contributed by atoms with Gasteiger partial charge in [-0.05, 0) is 18.8 Å². The standard InChI is InChI=1S/C11H17N3O4/c15-9(16)5-8-10(17)12-3-4-14(8)11(18)13-6-7-1-2-7/h7-8H,1-6H2,(H,12,17)(H,13,18)(H,15,16). The Morgan fingerprint density at radius 3 is 2.78 bits per heavy atom. The summed E-state index contributed by atoms with van der Waals surface area (Å²) in [6.07, 6.45) is 1.89. The second kappa shape index (κ2) is 5.24. The van der Waals surface area contributed by atoms with E-state index in [1.165, 1.54) is 4.90 Å². The van der Waals surface area contributed by atoms with Gasteiger partial charge in [0.15, 0.2) is 0 Å². The number of carboxylic acid groups (broad SMARTS) is 1. The Hall–Kier alpha value is -1.79. The van der Waals surface area contributed by atoms with Crippen LogP contribution in [-0.4, -0.2) is 53.6 Å². The summed E-state index contributed by atoms with van der Waals surface area (Å²) in [7, 11) is 0. The number of amides is 3. The van der Waals surface area contributed by atoms with Gasteiger partial charge in [-0.1, -0.05) is 0 Å². The van der Waals surface area contributed by atoms with E-state index in [-0.39, 0.29) is 12.5 Å². The van der Waals surface area contributed by atoms with Crippen molar-refractivity contribution >= 4 is 17.9 Å². The van der Waals surface area contributed by atoms with E-state index in [2.05, 4.69) is 10.6 Å². The largest absolute Gasteiger partial charge is 0.481 e. The normalized spacial score (nSPS) is 23.4. The summed E-state index contributed by atoms with van der Waals surface area (Å²) in [5, 5.41) is 14.1. The van der Waals surface area contributed by atoms with Crippen LogP contribution in [0.25, 0.3) is 0 Å². The number of carbonyl (C=O) groups is 3. The Balaban J connectivity index is 1.94. The molecule has 1 heterocycles. The second-order valence-electron chi connectivity index (χ2n) is 4.73. The number of nitrogens with one attached hydrogen (secondary N) is 2. The Labute approximate surface area is 105 Å². The fourth-order valence-electron chi connectivity index (χ4n) is 1.98. The minimum atomic E-state index is -1.09. The predicted molar refractivity (Wildman–Crippen MR) is 61.9 cm³/mol. The molecule has 0 radical (unpaired) electrons. The van der Waals surface area contributed by atoms with Crippen LogP contribution < -0.4 is 10.6 Å². The molecule has 0 aromatic heterocycles. The third-order valence-electron chi connectivity index (χ3n) is 3.20. The molecule has 1 saturated heterocycles. The highest BCUT2D eigenvalue weighted by atomic mass is 16.4. The molecule has 7 nitrogen and oxygen atoms in total. The zero-order chi connectivity index (χ0) is 13.1. The first kappa shape index (κ1) is 12.7. The molecule has 1 atom stereocenters. The van der Waals surface area contributed by atoms with Gasteiger partial charge in [0.05, 0.1) is 6.42 Å². The van der Waals surface area contributed by atoms with Crippen molar-refractivity contribution in [2.75, 3.05) is 19.6 Å². The van der Waals surface area contributed by atoms with Crippen LogP contribution >= 0.6 is 0 Å². The van der Waals surface area contributed by atoms with Crippen molar-refractivity contribution in [3.05, 3.63) is 0 Å². The highest BCUT2D eigenvalue weighted by molar-refractivity contribution is 5.91. The molecule has 0 spiro atoms. The Bertz CT molecular complexity index is 367. The first-order valence-corrected chi connectivity index (χ1v) is 6.12. The molecular weight excluding hydrogens is 238 g/mol. The van der Waals surface area contributed by atoms with E-state index in [4.69, 9.17) is 5.11 Å². The van der Waals surface area contributed by atoms with E-state index < -0.39 is 17.9 Å². The number of hydrogen-bond donors (Lipinski definition) is 3. The van der Waals surface area contributed by atoms with Crippen molar-refractivity contribution < 1.29 is 19.5 Å².